The summed E-state index contributed by atoms with van der Waals surface area (Å²) in [7, 11) is 0. The number of imide groups is 1. The van der Waals surface area contributed by atoms with Gasteiger partial charge in [0.2, 0.25) is 0 Å². The van der Waals surface area contributed by atoms with Crippen LogP contribution in [0.1, 0.15) is 56.6 Å². The number of fused-ring (bicyclic) bond motifs is 1. The van der Waals surface area contributed by atoms with Crippen LogP contribution in [0.25, 0.3) is 0 Å². The molecule has 0 radical (unpaired) electrons. The van der Waals surface area contributed by atoms with Crippen LogP contribution in [0.5, 0.6) is 5.75 Å². The highest BCUT2D eigenvalue weighted by Gasteiger charge is 2.22. The Morgan fingerprint density at radius 3 is 2.61 bits per heavy atom. The third-order valence-electron chi connectivity index (χ3n) is 5.28. The first-order chi connectivity index (χ1) is 13.5. The van der Waals surface area contributed by atoms with Crippen molar-refractivity contribution in [3.63, 3.8) is 0 Å². The van der Waals surface area contributed by atoms with E-state index in [2.05, 4.69) is 10.6 Å². The van der Waals surface area contributed by atoms with Gasteiger partial charge in [0.25, 0.3) is 5.91 Å². The van der Waals surface area contributed by atoms with Crippen LogP contribution in [0.2, 0.25) is 0 Å². The molecule has 2 aliphatic rings. The molecule has 28 heavy (non-hydrogen) atoms. The normalized spacial score (nSPS) is 17.3. The number of rotatable bonds is 6. The molecule has 0 unspecified atom stereocenters. The number of hydrogen-bond donors (Lipinski definition) is 2. The Bertz CT molecular complexity index is 728. The van der Waals surface area contributed by atoms with E-state index >= 15 is 0 Å². The molecule has 0 bridgehead atoms. The van der Waals surface area contributed by atoms with Crippen LogP contribution in [-0.2, 0) is 27.2 Å². The van der Waals surface area contributed by atoms with E-state index in [-0.39, 0.29) is 12.6 Å². The fourth-order valence-corrected chi connectivity index (χ4v) is 3.75. The van der Waals surface area contributed by atoms with E-state index in [0.29, 0.717) is 5.75 Å². The van der Waals surface area contributed by atoms with Gasteiger partial charge in [-0.3, -0.25) is 10.1 Å². The van der Waals surface area contributed by atoms with Crippen LogP contribution in [0, 0.1) is 0 Å². The van der Waals surface area contributed by atoms with Crippen molar-refractivity contribution in [1.29, 1.82) is 0 Å². The topological polar surface area (TPSA) is 93.7 Å². The molecule has 0 saturated heterocycles. The van der Waals surface area contributed by atoms with Crippen LogP contribution in [0.15, 0.2) is 18.2 Å². The molecule has 152 valence electrons. The summed E-state index contributed by atoms with van der Waals surface area (Å²) in [5.74, 6) is -0.698. The van der Waals surface area contributed by atoms with E-state index in [1.165, 1.54) is 24.5 Å². The molecule has 0 aromatic heterocycles. The summed E-state index contributed by atoms with van der Waals surface area (Å²) in [6.07, 6.45) is 7.36. The van der Waals surface area contributed by atoms with Crippen molar-refractivity contribution in [2.24, 2.45) is 0 Å². The second-order valence-corrected chi connectivity index (χ2v) is 7.50. The summed E-state index contributed by atoms with van der Waals surface area (Å²) in [6.45, 7) is 1.14. The van der Waals surface area contributed by atoms with Crippen molar-refractivity contribution in [3.05, 3.63) is 29.3 Å². The number of carbonyl (C=O) groups excluding carboxylic acids is 3. The molecule has 1 fully saturated rings. The molecule has 1 atom stereocenters. The Hall–Kier alpha value is -2.57. The van der Waals surface area contributed by atoms with E-state index in [1.807, 2.05) is 18.2 Å². The van der Waals surface area contributed by atoms with Gasteiger partial charge in [-0.1, -0.05) is 25.3 Å². The second kappa shape index (κ2) is 9.57. The van der Waals surface area contributed by atoms with Gasteiger partial charge in [0.15, 0.2) is 12.7 Å². The molecule has 3 amide bonds. The molecule has 7 nitrogen and oxygen atoms in total. The van der Waals surface area contributed by atoms with Crippen LogP contribution in [0.3, 0.4) is 0 Å². The lowest BCUT2D eigenvalue weighted by molar-refractivity contribution is -0.156. The van der Waals surface area contributed by atoms with Gasteiger partial charge in [-0.05, 0) is 62.3 Å². The molecule has 0 spiro atoms. The number of ether oxygens (including phenoxy) is 2. The number of aryl methyl sites for hydroxylation is 2. The predicted molar refractivity (Wildman–Crippen MR) is 103 cm³/mol. The minimum absolute atomic E-state index is 0.0973. The van der Waals surface area contributed by atoms with Gasteiger partial charge in [0.05, 0.1) is 0 Å². The molecule has 1 aromatic rings. The van der Waals surface area contributed by atoms with E-state index in [9.17, 15) is 14.4 Å². The SMILES string of the molecule is C[C@H](OC(=O)COc1ccc2c(c1)CCC2)C(=O)NC(=O)NC1CCCCC1. The quantitative estimate of drug-likeness (QED) is 0.731. The van der Waals surface area contributed by atoms with Crippen LogP contribution in [0.4, 0.5) is 4.79 Å². The van der Waals surface area contributed by atoms with Crippen LogP contribution >= 0.6 is 0 Å². The number of hydrogen-bond acceptors (Lipinski definition) is 5. The summed E-state index contributed by atoms with van der Waals surface area (Å²) in [6, 6.07) is 5.35. The summed E-state index contributed by atoms with van der Waals surface area (Å²) in [5, 5.41) is 5.02. The molecular formula is C21H28N2O5. The van der Waals surface area contributed by atoms with Gasteiger partial charge in [0.1, 0.15) is 5.75 Å². The van der Waals surface area contributed by atoms with Crippen molar-refractivity contribution < 1.29 is 23.9 Å². The molecule has 2 N–H and O–H groups in total. The molecule has 2 aliphatic carbocycles. The fourth-order valence-electron chi connectivity index (χ4n) is 3.75. The molecule has 0 aliphatic heterocycles. The third-order valence-corrected chi connectivity index (χ3v) is 5.28. The number of benzene rings is 1. The number of amides is 3. The van der Waals surface area contributed by atoms with Crippen molar-refractivity contribution >= 4 is 17.9 Å². The average molecular weight is 388 g/mol. The Morgan fingerprint density at radius 1 is 1.07 bits per heavy atom. The Kier molecular flexibility index (Phi) is 6.90. The zero-order chi connectivity index (χ0) is 19.9. The maximum atomic E-state index is 12.0. The first kappa shape index (κ1) is 20.2. The highest BCUT2D eigenvalue weighted by atomic mass is 16.6. The van der Waals surface area contributed by atoms with E-state index < -0.39 is 24.0 Å². The number of esters is 1. The predicted octanol–water partition coefficient (Wildman–Crippen LogP) is 2.64. The monoisotopic (exact) mass is 388 g/mol. The average Bonchev–Trinajstić information content (AvgIpc) is 3.14. The van der Waals surface area contributed by atoms with Gasteiger partial charge < -0.3 is 14.8 Å². The molecule has 1 aromatic carbocycles. The number of nitrogens with one attached hydrogen (secondary N) is 2. The number of carbonyl (C=O) groups is 3. The molecule has 0 heterocycles. The third kappa shape index (κ3) is 5.71. The summed E-state index contributed by atoms with van der Waals surface area (Å²) >= 11 is 0. The van der Waals surface area contributed by atoms with Gasteiger partial charge in [-0.15, -0.1) is 0 Å². The van der Waals surface area contributed by atoms with E-state index in [1.54, 1.807) is 0 Å². The van der Waals surface area contributed by atoms with Crippen LogP contribution in [-0.4, -0.2) is 36.7 Å². The lowest BCUT2D eigenvalue weighted by atomic mass is 9.96. The summed E-state index contributed by atoms with van der Waals surface area (Å²) < 4.78 is 10.5. The molecule has 1 saturated carbocycles. The maximum absolute atomic E-state index is 12.0. The van der Waals surface area contributed by atoms with Crippen molar-refractivity contribution in [2.45, 2.75) is 70.4 Å². The lowest BCUT2D eigenvalue weighted by Gasteiger charge is -2.23. The van der Waals surface area contributed by atoms with Crippen molar-refractivity contribution in [2.75, 3.05) is 6.61 Å². The van der Waals surface area contributed by atoms with Crippen LogP contribution < -0.4 is 15.4 Å². The minimum Gasteiger partial charge on any atom is -0.482 e. The minimum atomic E-state index is -1.08. The van der Waals surface area contributed by atoms with Crippen molar-refractivity contribution in [1.82, 2.24) is 10.6 Å². The first-order valence-corrected chi connectivity index (χ1v) is 10.1. The van der Waals surface area contributed by atoms with E-state index in [4.69, 9.17) is 9.47 Å². The zero-order valence-corrected chi connectivity index (χ0v) is 16.3. The molecule has 7 heteroatoms. The molecular weight excluding hydrogens is 360 g/mol. The Labute approximate surface area is 165 Å². The number of urea groups is 1. The second-order valence-electron chi connectivity index (χ2n) is 7.50. The van der Waals surface area contributed by atoms with Crippen molar-refractivity contribution in [3.8, 4) is 5.75 Å². The first-order valence-electron chi connectivity index (χ1n) is 10.1. The maximum Gasteiger partial charge on any atom is 0.344 e. The Balaban J connectivity index is 1.38. The van der Waals surface area contributed by atoms with E-state index in [0.717, 1.165) is 44.9 Å². The zero-order valence-electron chi connectivity index (χ0n) is 16.3. The van der Waals surface area contributed by atoms with Gasteiger partial charge >= 0.3 is 12.0 Å². The highest BCUT2D eigenvalue weighted by molar-refractivity contribution is 5.97. The smallest absolute Gasteiger partial charge is 0.344 e. The van der Waals surface area contributed by atoms with Gasteiger partial charge in [-0.2, -0.15) is 0 Å². The molecule has 3 rings (SSSR count). The lowest BCUT2D eigenvalue weighted by Crippen LogP contribution is -2.48. The Morgan fingerprint density at radius 2 is 1.82 bits per heavy atom. The fraction of sp³-hybridized carbons (Fsp3) is 0.571. The largest absolute Gasteiger partial charge is 0.482 e. The summed E-state index contributed by atoms with van der Waals surface area (Å²) in [5.41, 5.74) is 2.58. The van der Waals surface area contributed by atoms with Gasteiger partial charge in [-0.25, -0.2) is 9.59 Å². The highest BCUT2D eigenvalue weighted by Crippen LogP contribution is 2.26. The van der Waals surface area contributed by atoms with Gasteiger partial charge in [0, 0.05) is 6.04 Å². The standard InChI is InChI=1S/C21H28N2O5/c1-14(20(25)23-21(26)22-17-8-3-2-4-9-17)28-19(24)13-27-18-11-10-15-6-5-7-16(15)12-18/h10-12,14,17H,2-9,13H2,1H3,(H2,22,23,25,26)/t14-/m0/s1. The summed E-state index contributed by atoms with van der Waals surface area (Å²) in [4.78, 5) is 35.9.